The van der Waals surface area contributed by atoms with Gasteiger partial charge in [-0.15, -0.1) is 11.3 Å². The number of nitrogens with zero attached hydrogens (tertiary/aromatic N) is 2. The maximum Gasteiger partial charge on any atom is 0.346 e. The van der Waals surface area contributed by atoms with Crippen molar-refractivity contribution in [2.75, 3.05) is 0 Å². The summed E-state index contributed by atoms with van der Waals surface area (Å²) < 4.78 is 5.75. The summed E-state index contributed by atoms with van der Waals surface area (Å²) in [5.74, 6) is -0.508. The second kappa shape index (κ2) is 4.20. The number of aryl methyl sites for hydroxylation is 1. The van der Waals surface area contributed by atoms with Gasteiger partial charge >= 0.3 is 5.97 Å². The molecule has 0 bridgehead atoms. The number of ether oxygens (including phenoxy) is 1. The molecule has 2 aromatic heterocycles. The van der Waals surface area contributed by atoms with Gasteiger partial charge in [0.15, 0.2) is 0 Å². The van der Waals surface area contributed by atoms with Crippen molar-refractivity contribution in [1.29, 1.82) is 0 Å². The normalized spacial score (nSPS) is 11.8. The fourth-order valence-electron chi connectivity index (χ4n) is 1.61. The van der Waals surface area contributed by atoms with Crippen LogP contribution in [0.5, 0.6) is 5.88 Å². The Morgan fingerprint density at radius 3 is 2.61 bits per heavy atom. The maximum atomic E-state index is 11.1. The SMILES string of the molecule is Cc1c(C(=O)O)sc2ncnc(OC(C)(C)C)c12. The van der Waals surface area contributed by atoms with Crippen LogP contribution in [-0.2, 0) is 0 Å². The van der Waals surface area contributed by atoms with Gasteiger partial charge in [-0.3, -0.25) is 0 Å². The molecule has 18 heavy (non-hydrogen) atoms. The Morgan fingerprint density at radius 2 is 2.06 bits per heavy atom. The number of carbonyl (C=O) groups is 1. The smallest absolute Gasteiger partial charge is 0.346 e. The van der Waals surface area contributed by atoms with Crippen molar-refractivity contribution in [2.24, 2.45) is 0 Å². The lowest BCUT2D eigenvalue weighted by molar-refractivity contribution is 0.0701. The molecule has 0 fully saturated rings. The van der Waals surface area contributed by atoms with Crippen LogP contribution in [0.15, 0.2) is 6.33 Å². The fourth-order valence-corrected chi connectivity index (χ4v) is 2.59. The lowest BCUT2D eigenvalue weighted by atomic mass is 10.2. The molecule has 2 aromatic rings. The van der Waals surface area contributed by atoms with Crippen LogP contribution in [0.25, 0.3) is 10.2 Å². The highest BCUT2D eigenvalue weighted by Crippen LogP contribution is 2.35. The zero-order valence-corrected chi connectivity index (χ0v) is 11.5. The van der Waals surface area contributed by atoms with E-state index in [0.717, 1.165) is 11.3 Å². The van der Waals surface area contributed by atoms with Crippen LogP contribution in [0.4, 0.5) is 0 Å². The van der Waals surface area contributed by atoms with Crippen LogP contribution >= 0.6 is 11.3 Å². The highest BCUT2D eigenvalue weighted by atomic mass is 32.1. The standard InChI is InChI=1S/C12H14N2O3S/c1-6-7-9(17-12(2,3)4)13-5-14-10(7)18-8(6)11(15)16/h5H,1-4H3,(H,15,16). The van der Waals surface area contributed by atoms with Gasteiger partial charge in [-0.05, 0) is 33.3 Å². The first kappa shape index (κ1) is 12.8. The summed E-state index contributed by atoms with van der Waals surface area (Å²) in [5.41, 5.74) is 0.265. The minimum absolute atomic E-state index is 0.282. The molecule has 6 heteroatoms. The number of aromatic nitrogens is 2. The first-order chi connectivity index (χ1) is 8.29. The molecule has 0 aliphatic rings. The summed E-state index contributed by atoms with van der Waals surface area (Å²) in [6.07, 6.45) is 1.39. The predicted octanol–water partition coefficient (Wildman–Crippen LogP) is 2.88. The Hall–Kier alpha value is -1.69. The third-order valence-corrected chi connectivity index (χ3v) is 3.48. The molecular weight excluding hydrogens is 252 g/mol. The summed E-state index contributed by atoms with van der Waals surface area (Å²) in [5, 5.41) is 9.80. The fraction of sp³-hybridized carbons (Fsp3) is 0.417. The average molecular weight is 266 g/mol. The van der Waals surface area contributed by atoms with E-state index in [-0.39, 0.29) is 10.5 Å². The average Bonchev–Trinajstić information content (AvgIpc) is 2.55. The molecule has 0 aliphatic carbocycles. The van der Waals surface area contributed by atoms with E-state index >= 15 is 0 Å². The molecule has 0 atom stereocenters. The number of carboxylic acids is 1. The van der Waals surface area contributed by atoms with Gasteiger partial charge in [0.1, 0.15) is 21.6 Å². The molecule has 0 unspecified atom stereocenters. The lowest BCUT2D eigenvalue weighted by Gasteiger charge is -2.20. The molecule has 1 N–H and O–H groups in total. The predicted molar refractivity (Wildman–Crippen MR) is 69.5 cm³/mol. The highest BCUT2D eigenvalue weighted by Gasteiger charge is 2.22. The molecule has 5 nitrogen and oxygen atoms in total. The molecule has 0 aliphatic heterocycles. The number of aromatic carboxylic acids is 1. The van der Waals surface area contributed by atoms with Gasteiger partial charge in [-0.1, -0.05) is 0 Å². The van der Waals surface area contributed by atoms with Crippen molar-refractivity contribution in [3.63, 3.8) is 0 Å². The summed E-state index contributed by atoms with van der Waals surface area (Å²) in [4.78, 5) is 20.2. The number of hydrogen-bond donors (Lipinski definition) is 1. The van der Waals surface area contributed by atoms with Gasteiger partial charge in [-0.2, -0.15) is 0 Å². The van der Waals surface area contributed by atoms with E-state index in [1.165, 1.54) is 6.33 Å². The largest absolute Gasteiger partial charge is 0.477 e. The summed E-state index contributed by atoms with van der Waals surface area (Å²) in [7, 11) is 0. The molecule has 0 spiro atoms. The van der Waals surface area contributed by atoms with Crippen LogP contribution in [0.1, 0.15) is 36.0 Å². The summed E-state index contributed by atoms with van der Waals surface area (Å²) in [6, 6.07) is 0. The molecule has 0 radical (unpaired) electrons. The van der Waals surface area contributed by atoms with Crippen LogP contribution in [0.2, 0.25) is 0 Å². The van der Waals surface area contributed by atoms with Gasteiger partial charge in [0, 0.05) is 0 Å². The van der Waals surface area contributed by atoms with E-state index in [1.807, 2.05) is 20.8 Å². The highest BCUT2D eigenvalue weighted by molar-refractivity contribution is 7.20. The minimum Gasteiger partial charge on any atom is -0.477 e. The van der Waals surface area contributed by atoms with Crippen LogP contribution in [-0.4, -0.2) is 26.6 Å². The van der Waals surface area contributed by atoms with E-state index in [0.29, 0.717) is 21.7 Å². The Kier molecular flexibility index (Phi) is 2.98. The quantitative estimate of drug-likeness (QED) is 0.904. The van der Waals surface area contributed by atoms with Gasteiger partial charge in [0.25, 0.3) is 0 Å². The third-order valence-electron chi connectivity index (χ3n) is 2.29. The van der Waals surface area contributed by atoms with Crippen molar-refractivity contribution in [3.8, 4) is 5.88 Å². The van der Waals surface area contributed by atoms with Crippen LogP contribution in [0.3, 0.4) is 0 Å². The van der Waals surface area contributed by atoms with Gasteiger partial charge in [0.05, 0.1) is 5.39 Å². The Labute approximate surface area is 108 Å². The lowest BCUT2D eigenvalue weighted by Crippen LogP contribution is -2.23. The molecular formula is C12H14N2O3S. The van der Waals surface area contributed by atoms with E-state index in [4.69, 9.17) is 9.84 Å². The first-order valence-corrected chi connectivity index (χ1v) is 6.27. The van der Waals surface area contributed by atoms with Gasteiger partial charge in [0.2, 0.25) is 5.88 Å². The van der Waals surface area contributed by atoms with E-state index in [2.05, 4.69) is 9.97 Å². The van der Waals surface area contributed by atoms with Gasteiger partial charge in [-0.25, -0.2) is 14.8 Å². The first-order valence-electron chi connectivity index (χ1n) is 5.46. The van der Waals surface area contributed by atoms with Crippen molar-refractivity contribution >= 4 is 27.5 Å². The van der Waals surface area contributed by atoms with Crippen LogP contribution in [0, 0.1) is 6.92 Å². The Morgan fingerprint density at radius 1 is 1.39 bits per heavy atom. The number of thiophene rings is 1. The molecule has 0 saturated carbocycles. The molecule has 96 valence electrons. The van der Waals surface area contributed by atoms with Crippen molar-refractivity contribution in [3.05, 3.63) is 16.8 Å². The van der Waals surface area contributed by atoms with Crippen LogP contribution < -0.4 is 4.74 Å². The number of rotatable bonds is 2. The number of fused-ring (bicyclic) bond motifs is 1. The molecule has 0 aromatic carbocycles. The third kappa shape index (κ3) is 2.28. The maximum absolute atomic E-state index is 11.1. The molecule has 2 heterocycles. The summed E-state index contributed by atoms with van der Waals surface area (Å²) in [6.45, 7) is 7.50. The second-order valence-electron chi connectivity index (χ2n) is 4.93. The number of carboxylic acid groups (broad SMARTS) is 1. The Bertz CT molecular complexity index is 614. The molecule has 0 amide bonds. The zero-order chi connectivity index (χ0) is 13.5. The zero-order valence-electron chi connectivity index (χ0n) is 10.6. The summed E-state index contributed by atoms with van der Waals surface area (Å²) >= 11 is 1.14. The minimum atomic E-state index is -0.947. The van der Waals surface area contributed by atoms with E-state index in [9.17, 15) is 4.79 Å². The van der Waals surface area contributed by atoms with E-state index in [1.54, 1.807) is 6.92 Å². The van der Waals surface area contributed by atoms with Crippen molar-refractivity contribution in [2.45, 2.75) is 33.3 Å². The topological polar surface area (TPSA) is 72.3 Å². The second-order valence-corrected chi connectivity index (χ2v) is 5.93. The molecule has 0 saturated heterocycles. The molecule has 2 rings (SSSR count). The van der Waals surface area contributed by atoms with Crippen molar-refractivity contribution in [1.82, 2.24) is 9.97 Å². The Balaban J connectivity index is 2.65. The van der Waals surface area contributed by atoms with Crippen molar-refractivity contribution < 1.29 is 14.6 Å². The monoisotopic (exact) mass is 266 g/mol. The van der Waals surface area contributed by atoms with Gasteiger partial charge < -0.3 is 9.84 Å². The number of hydrogen-bond acceptors (Lipinski definition) is 5. The van der Waals surface area contributed by atoms with E-state index < -0.39 is 5.97 Å².